The second kappa shape index (κ2) is 3.28. The van der Waals surface area contributed by atoms with Crippen LogP contribution >= 0.6 is 0 Å². The standard InChI is InChI=1S/C8H10N2O4/c11-6-2-1-5(7(12)9-6)10-3-4-14-8(10)13/h5H,1-4H2,(H,9,11,12)/t5-/m1/s1. The quantitative estimate of drug-likeness (QED) is 0.562. The number of ether oxygens (including phenoxy) is 1. The molecule has 0 aromatic heterocycles. The Morgan fingerprint density at radius 1 is 1.36 bits per heavy atom. The average Bonchev–Trinajstić information content (AvgIpc) is 2.52. The Kier molecular flexibility index (Phi) is 2.11. The summed E-state index contributed by atoms with van der Waals surface area (Å²) < 4.78 is 4.72. The van der Waals surface area contributed by atoms with Crippen molar-refractivity contribution in [2.24, 2.45) is 0 Å². The first-order valence-corrected chi connectivity index (χ1v) is 4.45. The predicted octanol–water partition coefficient (Wildman–Crippen LogP) is -0.756. The van der Waals surface area contributed by atoms with Crippen LogP contribution in [0.15, 0.2) is 0 Å². The minimum absolute atomic E-state index is 0.278. The largest absolute Gasteiger partial charge is 0.448 e. The SMILES string of the molecule is O=C1CC[C@@H](N2CCOC2=O)C(=O)N1. The van der Waals surface area contributed by atoms with Gasteiger partial charge >= 0.3 is 6.09 Å². The van der Waals surface area contributed by atoms with Gasteiger partial charge in [0, 0.05) is 6.42 Å². The Bertz CT molecular complexity index is 302. The maximum Gasteiger partial charge on any atom is 0.410 e. The third kappa shape index (κ3) is 1.43. The lowest BCUT2D eigenvalue weighted by Gasteiger charge is -2.27. The van der Waals surface area contributed by atoms with E-state index < -0.39 is 18.0 Å². The van der Waals surface area contributed by atoms with Crippen molar-refractivity contribution in [1.29, 1.82) is 0 Å². The smallest absolute Gasteiger partial charge is 0.410 e. The summed E-state index contributed by atoms with van der Waals surface area (Å²) in [5.41, 5.74) is 0. The molecular formula is C8H10N2O4. The van der Waals surface area contributed by atoms with Crippen LogP contribution in [0.5, 0.6) is 0 Å². The summed E-state index contributed by atoms with van der Waals surface area (Å²) in [7, 11) is 0. The molecule has 1 atom stereocenters. The first-order valence-electron chi connectivity index (χ1n) is 4.45. The van der Waals surface area contributed by atoms with E-state index in [4.69, 9.17) is 4.74 Å². The maximum atomic E-state index is 11.4. The molecule has 14 heavy (non-hydrogen) atoms. The minimum atomic E-state index is -0.539. The number of amides is 3. The average molecular weight is 198 g/mol. The van der Waals surface area contributed by atoms with Gasteiger partial charge in [0.1, 0.15) is 12.6 Å². The lowest BCUT2D eigenvalue weighted by atomic mass is 10.1. The van der Waals surface area contributed by atoms with Crippen molar-refractivity contribution in [3.63, 3.8) is 0 Å². The van der Waals surface area contributed by atoms with Gasteiger partial charge < -0.3 is 4.74 Å². The zero-order valence-electron chi connectivity index (χ0n) is 7.49. The molecule has 2 aliphatic heterocycles. The van der Waals surface area contributed by atoms with Crippen molar-refractivity contribution < 1.29 is 19.1 Å². The second-order valence-electron chi connectivity index (χ2n) is 3.27. The lowest BCUT2D eigenvalue weighted by molar-refractivity contribution is -0.136. The van der Waals surface area contributed by atoms with Gasteiger partial charge in [0.2, 0.25) is 11.8 Å². The number of carbonyl (C=O) groups is 3. The first-order chi connectivity index (χ1) is 6.68. The molecule has 2 aliphatic rings. The number of hydrogen-bond donors (Lipinski definition) is 1. The monoisotopic (exact) mass is 198 g/mol. The number of imide groups is 1. The van der Waals surface area contributed by atoms with Crippen molar-refractivity contribution in [3.05, 3.63) is 0 Å². The van der Waals surface area contributed by atoms with Gasteiger partial charge in [-0.2, -0.15) is 0 Å². The molecule has 3 amide bonds. The van der Waals surface area contributed by atoms with Gasteiger partial charge in [-0.1, -0.05) is 0 Å². The summed E-state index contributed by atoms with van der Waals surface area (Å²) in [6.45, 7) is 0.738. The van der Waals surface area contributed by atoms with Gasteiger partial charge in [-0.15, -0.1) is 0 Å². The third-order valence-electron chi connectivity index (χ3n) is 2.38. The number of rotatable bonds is 1. The highest BCUT2D eigenvalue weighted by Crippen LogP contribution is 2.16. The molecule has 1 N–H and O–H groups in total. The van der Waals surface area contributed by atoms with Gasteiger partial charge in [0.05, 0.1) is 6.54 Å². The van der Waals surface area contributed by atoms with Crippen molar-refractivity contribution in [1.82, 2.24) is 10.2 Å². The van der Waals surface area contributed by atoms with E-state index in [9.17, 15) is 14.4 Å². The summed E-state index contributed by atoms with van der Waals surface area (Å²) in [5.74, 6) is -0.682. The molecule has 0 aliphatic carbocycles. The van der Waals surface area contributed by atoms with Gasteiger partial charge in [0.25, 0.3) is 0 Å². The Hall–Kier alpha value is -1.59. The topological polar surface area (TPSA) is 75.7 Å². The summed E-state index contributed by atoms with van der Waals surface area (Å²) in [6, 6.07) is -0.539. The fourth-order valence-corrected chi connectivity index (χ4v) is 1.67. The molecule has 0 spiro atoms. The molecule has 6 heteroatoms. The Morgan fingerprint density at radius 3 is 2.71 bits per heavy atom. The number of cyclic esters (lactones) is 1. The normalized spacial score (nSPS) is 27.6. The number of piperidine rings is 1. The van der Waals surface area contributed by atoms with Crippen LogP contribution < -0.4 is 5.32 Å². The number of hydrogen-bond acceptors (Lipinski definition) is 4. The van der Waals surface area contributed by atoms with Crippen LogP contribution in [-0.2, 0) is 14.3 Å². The molecule has 2 saturated heterocycles. The molecule has 2 fully saturated rings. The molecule has 0 saturated carbocycles. The van der Waals surface area contributed by atoms with Gasteiger partial charge in [-0.05, 0) is 6.42 Å². The molecule has 0 unspecified atom stereocenters. The fourth-order valence-electron chi connectivity index (χ4n) is 1.67. The van der Waals surface area contributed by atoms with E-state index in [2.05, 4.69) is 5.32 Å². The minimum Gasteiger partial charge on any atom is -0.448 e. The van der Waals surface area contributed by atoms with Crippen molar-refractivity contribution in [2.45, 2.75) is 18.9 Å². The van der Waals surface area contributed by atoms with E-state index in [0.717, 1.165) is 0 Å². The van der Waals surface area contributed by atoms with Gasteiger partial charge in [-0.25, -0.2) is 4.79 Å². The molecule has 2 heterocycles. The fraction of sp³-hybridized carbons (Fsp3) is 0.625. The van der Waals surface area contributed by atoms with E-state index in [1.54, 1.807) is 0 Å². The van der Waals surface area contributed by atoms with E-state index in [1.807, 2.05) is 0 Å². The molecule has 0 bridgehead atoms. The lowest BCUT2D eigenvalue weighted by Crippen LogP contribution is -2.52. The van der Waals surface area contributed by atoms with Crippen LogP contribution in [-0.4, -0.2) is 42.0 Å². The zero-order valence-corrected chi connectivity index (χ0v) is 7.49. The first kappa shape index (κ1) is 8.98. The van der Waals surface area contributed by atoms with E-state index in [-0.39, 0.29) is 12.3 Å². The van der Waals surface area contributed by atoms with Crippen LogP contribution in [0.4, 0.5) is 4.79 Å². The van der Waals surface area contributed by atoms with Gasteiger partial charge in [-0.3, -0.25) is 19.8 Å². The molecule has 2 rings (SSSR count). The Morgan fingerprint density at radius 2 is 2.14 bits per heavy atom. The Labute approximate surface area is 80.2 Å². The maximum absolute atomic E-state index is 11.4. The van der Waals surface area contributed by atoms with Crippen LogP contribution in [0.3, 0.4) is 0 Å². The van der Waals surface area contributed by atoms with E-state index in [0.29, 0.717) is 19.6 Å². The van der Waals surface area contributed by atoms with Crippen LogP contribution in [0, 0.1) is 0 Å². The third-order valence-corrected chi connectivity index (χ3v) is 2.38. The second-order valence-corrected chi connectivity index (χ2v) is 3.27. The molecular weight excluding hydrogens is 188 g/mol. The number of nitrogens with one attached hydrogen (secondary N) is 1. The summed E-state index contributed by atoms with van der Waals surface area (Å²) in [6.07, 6.45) is 0.194. The van der Waals surface area contributed by atoms with Crippen molar-refractivity contribution in [2.75, 3.05) is 13.2 Å². The number of nitrogens with zero attached hydrogens (tertiary/aromatic N) is 1. The van der Waals surface area contributed by atoms with E-state index >= 15 is 0 Å². The highest BCUT2D eigenvalue weighted by molar-refractivity contribution is 6.01. The molecule has 0 aromatic carbocycles. The van der Waals surface area contributed by atoms with Crippen molar-refractivity contribution >= 4 is 17.9 Å². The summed E-state index contributed by atoms with van der Waals surface area (Å²) in [5, 5.41) is 2.20. The predicted molar refractivity (Wildman–Crippen MR) is 44.2 cm³/mol. The zero-order chi connectivity index (χ0) is 10.1. The van der Waals surface area contributed by atoms with E-state index in [1.165, 1.54) is 4.90 Å². The van der Waals surface area contributed by atoms with Crippen LogP contribution in [0.2, 0.25) is 0 Å². The van der Waals surface area contributed by atoms with Crippen molar-refractivity contribution in [3.8, 4) is 0 Å². The molecule has 6 nitrogen and oxygen atoms in total. The summed E-state index contributed by atoms with van der Waals surface area (Å²) in [4.78, 5) is 34.7. The number of carbonyl (C=O) groups excluding carboxylic acids is 3. The highest BCUT2D eigenvalue weighted by Gasteiger charge is 2.37. The molecule has 76 valence electrons. The van der Waals surface area contributed by atoms with Gasteiger partial charge in [0.15, 0.2) is 0 Å². The highest BCUT2D eigenvalue weighted by atomic mass is 16.6. The summed E-state index contributed by atoms with van der Waals surface area (Å²) >= 11 is 0. The molecule has 0 aromatic rings. The Balaban J connectivity index is 2.07. The van der Waals surface area contributed by atoms with Crippen LogP contribution in [0.25, 0.3) is 0 Å². The van der Waals surface area contributed by atoms with Crippen LogP contribution in [0.1, 0.15) is 12.8 Å². The molecule has 0 radical (unpaired) electrons.